The van der Waals surface area contributed by atoms with Gasteiger partial charge in [-0.2, -0.15) is 16.8 Å². The number of nitrogens with zero attached hydrogens (tertiary/aromatic N) is 3. The molecule has 0 amide bonds. The van der Waals surface area contributed by atoms with Crippen LogP contribution in [0.25, 0.3) is 27.8 Å². The second-order valence-corrected chi connectivity index (χ2v) is 15.5. The first-order valence-electron chi connectivity index (χ1n) is 14.8. The normalized spacial score (nSPS) is 11.8. The second kappa shape index (κ2) is 16.1. The Morgan fingerprint density at radius 1 is 0.750 bits per heavy atom. The van der Waals surface area contributed by atoms with Crippen molar-refractivity contribution < 1.29 is 43.5 Å². The third kappa shape index (κ3) is 9.12. The average molecular weight is 782 g/mol. The molecule has 5 N–H and O–H groups in total. The summed E-state index contributed by atoms with van der Waals surface area (Å²) < 4.78 is 103. The summed E-state index contributed by atoms with van der Waals surface area (Å²) >= 11 is 0. The molecule has 1 aromatic heterocycles. The Morgan fingerprint density at radius 3 is 1.98 bits per heavy atom. The molecule has 5 aromatic carbocycles. The van der Waals surface area contributed by atoms with Gasteiger partial charge < -0.3 is 20.5 Å². The number of anilines is 4. The molecule has 1 heterocycles. The van der Waals surface area contributed by atoms with Gasteiger partial charge in [-0.1, -0.05) is 12.1 Å². The Morgan fingerprint density at radius 2 is 1.37 bits per heavy atom. The molecular formula is C33H29N5Na2O9S3. The van der Waals surface area contributed by atoms with Gasteiger partial charge >= 0.3 is 0 Å². The maximum atomic E-state index is 11.8. The molecular weight excluding hydrogens is 753 g/mol. The minimum Gasteiger partial charge on any atom is -0.744 e. The molecule has 19 heteroatoms. The van der Waals surface area contributed by atoms with Crippen molar-refractivity contribution in [3.05, 3.63) is 109 Å². The molecule has 0 fully saturated rings. The Kier molecular flexibility index (Phi) is 12.8. The van der Waals surface area contributed by atoms with E-state index >= 15 is 0 Å². The van der Waals surface area contributed by atoms with Gasteiger partial charge in [-0.25, -0.2) is 13.4 Å². The van der Waals surface area contributed by atoms with Gasteiger partial charge in [-0.05, 0) is 79.2 Å². The summed E-state index contributed by atoms with van der Waals surface area (Å²) in [5.74, 6) is 0. The molecule has 6 aromatic rings. The van der Waals surface area contributed by atoms with E-state index < -0.39 is 40.1 Å². The summed E-state index contributed by atoms with van der Waals surface area (Å²) in [5, 5.41) is 3.11. The molecule has 0 aliphatic rings. The van der Waals surface area contributed by atoms with Crippen molar-refractivity contribution in [3.8, 4) is 5.69 Å². The SMILES string of the molecule is CCN(Cc1cccc(S(=O)(=O)O)c1)c1ccc2nc3ccc(Nc4ccc(N)c(S(=O)(=O)O)c4)cc3[n+](-c3ccc(S(=O)(=O)[O-])cc3)c2c1.[Na].[Na]. The Bertz CT molecular complexity index is 2650. The van der Waals surface area contributed by atoms with Crippen LogP contribution in [0.1, 0.15) is 12.5 Å². The Balaban J connectivity index is 0.00000302. The largest absolute Gasteiger partial charge is 0.744 e. The quantitative estimate of drug-likeness (QED) is 0.0513. The number of hydrogen-bond acceptors (Lipinski definition) is 11. The fraction of sp³-hybridized carbons (Fsp3) is 0.0909. The maximum absolute atomic E-state index is 11.8. The van der Waals surface area contributed by atoms with Gasteiger partial charge in [0.15, 0.2) is 0 Å². The molecule has 0 aliphatic carbocycles. The van der Waals surface area contributed by atoms with Crippen molar-refractivity contribution in [2.75, 3.05) is 22.5 Å². The van der Waals surface area contributed by atoms with Crippen LogP contribution in [0.15, 0.2) is 118 Å². The van der Waals surface area contributed by atoms with E-state index in [9.17, 15) is 38.9 Å². The van der Waals surface area contributed by atoms with Gasteiger partial charge in [-0.3, -0.25) is 9.11 Å². The van der Waals surface area contributed by atoms with Crippen molar-refractivity contribution in [1.82, 2.24) is 4.98 Å². The minimum atomic E-state index is -4.72. The average Bonchev–Trinajstić information content (AvgIpc) is 3.06. The number of rotatable bonds is 10. The van der Waals surface area contributed by atoms with Gasteiger partial charge in [0, 0.05) is 114 Å². The van der Waals surface area contributed by atoms with Gasteiger partial charge in [0.05, 0.1) is 15.5 Å². The van der Waals surface area contributed by atoms with Crippen molar-refractivity contribution in [2.45, 2.75) is 28.2 Å². The molecule has 0 bridgehead atoms. The smallest absolute Gasteiger partial charge is 0.296 e. The predicted octanol–water partition coefficient (Wildman–Crippen LogP) is 3.65. The molecule has 52 heavy (non-hydrogen) atoms. The number of hydrogen-bond donors (Lipinski definition) is 4. The van der Waals surface area contributed by atoms with Crippen LogP contribution in [-0.4, -0.2) is 110 Å². The van der Waals surface area contributed by atoms with Crippen molar-refractivity contribution in [3.63, 3.8) is 0 Å². The van der Waals surface area contributed by atoms with Crippen molar-refractivity contribution in [2.24, 2.45) is 0 Å². The second-order valence-electron chi connectivity index (χ2n) is 11.3. The zero-order valence-corrected chi connectivity index (χ0v) is 34.6. The van der Waals surface area contributed by atoms with Gasteiger partial charge in [0.25, 0.3) is 20.2 Å². The summed E-state index contributed by atoms with van der Waals surface area (Å²) in [6.07, 6.45) is 0. The monoisotopic (exact) mass is 781 g/mol. The number of benzene rings is 5. The first-order valence-corrected chi connectivity index (χ1v) is 19.1. The first-order chi connectivity index (χ1) is 23.5. The molecule has 260 valence electrons. The Hall–Kier alpha value is -3.17. The van der Waals surface area contributed by atoms with E-state index in [2.05, 4.69) is 5.32 Å². The summed E-state index contributed by atoms with van der Waals surface area (Å²) in [7, 11) is -13.7. The van der Waals surface area contributed by atoms with E-state index in [4.69, 9.17) is 10.7 Å². The van der Waals surface area contributed by atoms with Crippen LogP contribution in [0.3, 0.4) is 0 Å². The van der Waals surface area contributed by atoms with E-state index in [1.165, 1.54) is 48.5 Å². The van der Waals surface area contributed by atoms with Crippen LogP contribution < -0.4 is 20.5 Å². The zero-order valence-electron chi connectivity index (χ0n) is 28.1. The van der Waals surface area contributed by atoms with E-state index in [1.807, 2.05) is 34.6 Å². The molecule has 0 spiro atoms. The van der Waals surface area contributed by atoms with E-state index in [1.54, 1.807) is 36.4 Å². The molecule has 0 saturated carbocycles. The molecule has 2 radical (unpaired) electrons. The molecule has 0 saturated heterocycles. The van der Waals surface area contributed by atoms with Gasteiger partial charge in [-0.15, -0.1) is 4.57 Å². The van der Waals surface area contributed by atoms with Crippen molar-refractivity contribution >= 4 is 134 Å². The van der Waals surface area contributed by atoms with E-state index in [0.29, 0.717) is 57.8 Å². The van der Waals surface area contributed by atoms with Gasteiger partial charge in [0.2, 0.25) is 16.7 Å². The van der Waals surface area contributed by atoms with Crippen LogP contribution in [0.5, 0.6) is 0 Å². The Labute approximate surface area is 344 Å². The fourth-order valence-corrected chi connectivity index (χ4v) is 7.23. The molecule has 0 aliphatic heterocycles. The van der Waals surface area contributed by atoms with Crippen LogP contribution in [0, 0.1) is 0 Å². The summed E-state index contributed by atoms with van der Waals surface area (Å²) in [4.78, 5) is 5.73. The third-order valence-corrected chi connectivity index (χ3v) is 10.5. The topological polar surface area (TPSA) is 224 Å². The number of fused-ring (bicyclic) bond motifs is 2. The zero-order chi connectivity index (χ0) is 36.0. The maximum Gasteiger partial charge on any atom is 0.296 e. The summed E-state index contributed by atoms with van der Waals surface area (Å²) in [5.41, 5.74) is 10.6. The summed E-state index contributed by atoms with van der Waals surface area (Å²) in [6.45, 7) is 2.73. The van der Waals surface area contributed by atoms with E-state index in [-0.39, 0.29) is 69.7 Å². The fourth-order valence-electron chi connectivity index (χ4n) is 5.57. The number of nitrogens with one attached hydrogen (secondary N) is 1. The standard InChI is InChI=1S/C33H29N5O9S3.2Na/c1-2-37(20-21-4-3-5-27(16-21)49(42,43)44)25-10-15-30-32(19-25)38(24-8-11-26(12-9-24)48(39,40)41)31-17-22(7-14-29(31)36-30)35-23-6-13-28(34)33(18-23)50(45,46)47;;/h3-19H,2,20H2,1H3,(H5,34,36,39,40,41,42,43,44,45,46,47);;. The van der Waals surface area contributed by atoms with Gasteiger partial charge in [0.1, 0.15) is 26.0 Å². The number of aromatic nitrogens is 2. The first kappa shape index (κ1) is 41.6. The number of nitrogen functional groups attached to an aromatic ring is 1. The third-order valence-electron chi connectivity index (χ3n) is 7.94. The van der Waals surface area contributed by atoms with Crippen LogP contribution in [0.4, 0.5) is 22.7 Å². The molecule has 14 nitrogen and oxygen atoms in total. The molecule has 0 atom stereocenters. The molecule has 6 rings (SSSR count). The van der Waals surface area contributed by atoms with Crippen molar-refractivity contribution in [1.29, 1.82) is 0 Å². The van der Waals surface area contributed by atoms with Crippen LogP contribution >= 0.6 is 0 Å². The predicted molar refractivity (Wildman–Crippen MR) is 197 cm³/mol. The minimum absolute atomic E-state index is 0. The number of nitrogens with two attached hydrogens (primary N) is 1. The molecule has 0 unspecified atom stereocenters. The van der Waals surface area contributed by atoms with E-state index in [0.717, 1.165) is 5.69 Å². The van der Waals surface area contributed by atoms with Crippen LogP contribution in [0.2, 0.25) is 0 Å². The van der Waals surface area contributed by atoms with Crippen LogP contribution in [-0.2, 0) is 36.9 Å². The summed E-state index contributed by atoms with van der Waals surface area (Å²) in [6, 6.07) is 26.2.